The van der Waals surface area contributed by atoms with Crippen LogP contribution in [0.3, 0.4) is 0 Å². The number of benzene rings is 1. The van der Waals surface area contributed by atoms with Gasteiger partial charge in [0.25, 0.3) is 0 Å². The van der Waals surface area contributed by atoms with E-state index in [1.54, 1.807) is 7.05 Å². The minimum Gasteiger partial charge on any atom is -0.380 e. The van der Waals surface area contributed by atoms with Crippen LogP contribution in [-0.4, -0.2) is 39.3 Å². The van der Waals surface area contributed by atoms with Crippen molar-refractivity contribution in [2.75, 3.05) is 33.4 Å². The Hall–Kier alpha value is -0.820. The fraction of sp³-hybridized carbons (Fsp3) is 0.588. The molecule has 0 heterocycles. The Balaban J connectivity index is 0.00000441. The number of aliphatic imine (C=N–C) groups is 1. The Kier molecular flexibility index (Phi) is 10.4. The third kappa shape index (κ3) is 6.96. The van der Waals surface area contributed by atoms with Gasteiger partial charge in [-0.2, -0.15) is 0 Å². The summed E-state index contributed by atoms with van der Waals surface area (Å²) in [7, 11) is 1.79. The first-order chi connectivity index (χ1) is 10.0. The van der Waals surface area contributed by atoms with Crippen molar-refractivity contribution in [1.82, 2.24) is 10.6 Å². The Labute approximate surface area is 152 Å². The number of nitrogens with one attached hydrogen (secondary N) is 2. The number of nitrogens with zero attached hydrogens (tertiary/aromatic N) is 1. The summed E-state index contributed by atoms with van der Waals surface area (Å²) in [5.74, 6) is 0.816. The van der Waals surface area contributed by atoms with Crippen LogP contribution in [0.25, 0.3) is 0 Å². The number of halogens is 1. The molecule has 0 radical (unpaired) electrons. The third-order valence-corrected chi connectivity index (χ3v) is 3.54. The van der Waals surface area contributed by atoms with Crippen molar-refractivity contribution in [1.29, 1.82) is 0 Å². The molecule has 126 valence electrons. The molecule has 0 fully saturated rings. The predicted molar refractivity (Wildman–Crippen MR) is 105 cm³/mol. The summed E-state index contributed by atoms with van der Waals surface area (Å²) in [6.07, 6.45) is 0. The molecule has 0 aliphatic heterocycles. The highest BCUT2D eigenvalue weighted by Crippen LogP contribution is 2.25. The average Bonchev–Trinajstić information content (AvgIpc) is 2.47. The zero-order valence-electron chi connectivity index (χ0n) is 14.4. The van der Waals surface area contributed by atoms with Crippen molar-refractivity contribution >= 4 is 29.9 Å². The Morgan fingerprint density at radius 3 is 2.50 bits per heavy atom. The van der Waals surface area contributed by atoms with Gasteiger partial charge in [0.15, 0.2) is 5.96 Å². The first-order valence-electron chi connectivity index (χ1n) is 7.59. The second-order valence-electron chi connectivity index (χ2n) is 5.75. The lowest BCUT2D eigenvalue weighted by Gasteiger charge is -2.28. The normalized spacial score (nSPS) is 11.8. The second-order valence-corrected chi connectivity index (χ2v) is 5.75. The summed E-state index contributed by atoms with van der Waals surface area (Å²) in [4.78, 5) is 4.24. The quantitative estimate of drug-likeness (QED) is 0.309. The summed E-state index contributed by atoms with van der Waals surface area (Å²) in [5, 5.41) is 6.65. The molecule has 5 heteroatoms. The Bertz CT molecular complexity index is 461. The molecule has 22 heavy (non-hydrogen) atoms. The monoisotopic (exact) mass is 419 g/mol. The molecular weight excluding hydrogens is 389 g/mol. The van der Waals surface area contributed by atoms with Crippen LogP contribution in [0, 0.1) is 6.92 Å². The minimum atomic E-state index is 0. The van der Waals surface area contributed by atoms with E-state index >= 15 is 0 Å². The van der Waals surface area contributed by atoms with Gasteiger partial charge in [0, 0.05) is 32.2 Å². The molecule has 0 spiro atoms. The lowest BCUT2D eigenvalue weighted by atomic mass is 9.82. The predicted octanol–water partition coefficient (Wildman–Crippen LogP) is 3.09. The van der Waals surface area contributed by atoms with Gasteiger partial charge in [-0.15, -0.1) is 24.0 Å². The summed E-state index contributed by atoms with van der Waals surface area (Å²) < 4.78 is 5.31. The maximum absolute atomic E-state index is 5.31. The van der Waals surface area contributed by atoms with Gasteiger partial charge in [-0.3, -0.25) is 4.99 Å². The molecular formula is C17H30IN3O. The van der Waals surface area contributed by atoms with Gasteiger partial charge in [0.1, 0.15) is 0 Å². The van der Waals surface area contributed by atoms with Crippen LogP contribution in [0.5, 0.6) is 0 Å². The largest absolute Gasteiger partial charge is 0.380 e. The summed E-state index contributed by atoms with van der Waals surface area (Å²) in [5.41, 5.74) is 2.73. The minimum absolute atomic E-state index is 0. The second kappa shape index (κ2) is 10.8. The van der Waals surface area contributed by atoms with E-state index in [1.165, 1.54) is 11.1 Å². The van der Waals surface area contributed by atoms with Gasteiger partial charge >= 0.3 is 0 Å². The van der Waals surface area contributed by atoms with E-state index in [2.05, 4.69) is 60.7 Å². The maximum atomic E-state index is 5.31. The molecule has 0 atom stereocenters. The van der Waals surface area contributed by atoms with Crippen LogP contribution >= 0.6 is 24.0 Å². The Morgan fingerprint density at radius 1 is 1.23 bits per heavy atom. The van der Waals surface area contributed by atoms with E-state index in [0.29, 0.717) is 6.61 Å². The number of ether oxygens (including phenoxy) is 1. The average molecular weight is 419 g/mol. The number of hydrogen-bond acceptors (Lipinski definition) is 2. The van der Waals surface area contributed by atoms with Gasteiger partial charge in [0.2, 0.25) is 0 Å². The first-order valence-corrected chi connectivity index (χ1v) is 7.59. The van der Waals surface area contributed by atoms with Crippen molar-refractivity contribution < 1.29 is 4.74 Å². The van der Waals surface area contributed by atoms with Crippen molar-refractivity contribution in [2.45, 2.75) is 33.1 Å². The van der Waals surface area contributed by atoms with E-state index in [-0.39, 0.29) is 29.4 Å². The smallest absolute Gasteiger partial charge is 0.191 e. The molecule has 0 bridgehead atoms. The lowest BCUT2D eigenvalue weighted by molar-refractivity contribution is 0.152. The Morgan fingerprint density at radius 2 is 1.91 bits per heavy atom. The zero-order valence-corrected chi connectivity index (χ0v) is 16.7. The number of aryl methyl sites for hydroxylation is 1. The number of rotatable bonds is 7. The highest BCUT2D eigenvalue weighted by atomic mass is 127. The molecule has 1 rings (SSSR count). The number of hydrogen-bond donors (Lipinski definition) is 2. The van der Waals surface area contributed by atoms with Gasteiger partial charge < -0.3 is 15.4 Å². The van der Waals surface area contributed by atoms with Crippen molar-refractivity contribution in [3.63, 3.8) is 0 Å². The maximum Gasteiger partial charge on any atom is 0.191 e. The van der Waals surface area contributed by atoms with Crippen LogP contribution in [0.2, 0.25) is 0 Å². The van der Waals surface area contributed by atoms with E-state index in [4.69, 9.17) is 4.74 Å². The van der Waals surface area contributed by atoms with Crippen LogP contribution in [0.1, 0.15) is 31.9 Å². The summed E-state index contributed by atoms with van der Waals surface area (Å²) in [6, 6.07) is 8.53. The van der Waals surface area contributed by atoms with Gasteiger partial charge in [0.05, 0.1) is 6.61 Å². The molecule has 1 aromatic carbocycles. The summed E-state index contributed by atoms with van der Waals surface area (Å²) in [6.45, 7) is 11.7. The van der Waals surface area contributed by atoms with Crippen LogP contribution < -0.4 is 10.6 Å². The molecule has 0 aliphatic carbocycles. The molecule has 4 nitrogen and oxygen atoms in total. The molecule has 0 aliphatic rings. The van der Waals surface area contributed by atoms with Crippen LogP contribution in [0.4, 0.5) is 0 Å². The van der Waals surface area contributed by atoms with E-state index in [0.717, 1.165) is 25.7 Å². The van der Waals surface area contributed by atoms with E-state index < -0.39 is 0 Å². The third-order valence-electron chi connectivity index (χ3n) is 3.54. The topological polar surface area (TPSA) is 45.6 Å². The van der Waals surface area contributed by atoms with Gasteiger partial charge in [-0.25, -0.2) is 0 Å². The summed E-state index contributed by atoms with van der Waals surface area (Å²) >= 11 is 0. The van der Waals surface area contributed by atoms with E-state index in [9.17, 15) is 0 Å². The zero-order chi connectivity index (χ0) is 15.7. The van der Waals surface area contributed by atoms with Crippen molar-refractivity contribution in [2.24, 2.45) is 4.99 Å². The molecule has 1 aromatic rings. The van der Waals surface area contributed by atoms with Crippen molar-refractivity contribution in [3.05, 3.63) is 35.4 Å². The standard InChI is InChI=1S/C17H29N3O.HI/c1-6-21-12-11-19-16(18-5)20-13-17(3,4)15-10-8-7-9-14(15)2;/h7-10H,6,11-13H2,1-5H3,(H2,18,19,20);1H. The highest BCUT2D eigenvalue weighted by molar-refractivity contribution is 14.0. The van der Waals surface area contributed by atoms with Crippen LogP contribution in [0.15, 0.2) is 29.3 Å². The molecule has 0 saturated carbocycles. The highest BCUT2D eigenvalue weighted by Gasteiger charge is 2.22. The molecule has 0 unspecified atom stereocenters. The lowest BCUT2D eigenvalue weighted by Crippen LogP contribution is -2.44. The fourth-order valence-electron chi connectivity index (χ4n) is 2.34. The SMILES string of the molecule is CCOCCNC(=NC)NCC(C)(C)c1ccccc1C.I. The molecule has 0 aromatic heterocycles. The van der Waals surface area contributed by atoms with Crippen LogP contribution in [-0.2, 0) is 10.2 Å². The van der Waals surface area contributed by atoms with Crippen molar-refractivity contribution in [3.8, 4) is 0 Å². The fourth-order valence-corrected chi connectivity index (χ4v) is 2.34. The first kappa shape index (κ1) is 21.2. The molecule has 0 saturated heterocycles. The van der Waals surface area contributed by atoms with E-state index in [1.807, 2.05) is 6.92 Å². The molecule has 0 amide bonds. The molecule has 2 N–H and O–H groups in total. The van der Waals surface area contributed by atoms with Gasteiger partial charge in [-0.05, 0) is 25.0 Å². The van der Waals surface area contributed by atoms with Gasteiger partial charge in [-0.1, -0.05) is 38.1 Å². The number of guanidine groups is 1.